The molecule has 0 bridgehead atoms. The van der Waals surface area contributed by atoms with Crippen molar-refractivity contribution in [2.75, 3.05) is 19.6 Å². The Labute approximate surface area is 158 Å². The molecule has 2 aromatic rings. The summed E-state index contributed by atoms with van der Waals surface area (Å²) >= 11 is 0. The van der Waals surface area contributed by atoms with E-state index in [9.17, 15) is 17.6 Å². The molecule has 0 atom stereocenters. The molecule has 1 aliphatic heterocycles. The van der Waals surface area contributed by atoms with Crippen molar-refractivity contribution in [2.45, 2.75) is 24.2 Å². The van der Waals surface area contributed by atoms with Gasteiger partial charge in [0.15, 0.2) is 0 Å². The summed E-state index contributed by atoms with van der Waals surface area (Å²) in [5, 5.41) is 2.89. The van der Waals surface area contributed by atoms with E-state index in [4.69, 9.17) is 0 Å². The zero-order chi connectivity index (χ0) is 19.3. The van der Waals surface area contributed by atoms with E-state index >= 15 is 0 Å². The summed E-state index contributed by atoms with van der Waals surface area (Å²) in [4.78, 5) is 16.1. The minimum absolute atomic E-state index is 0.119. The number of halogens is 1. The van der Waals surface area contributed by atoms with Crippen LogP contribution in [0.25, 0.3) is 0 Å². The second-order valence-corrected chi connectivity index (χ2v) is 8.58. The molecule has 1 N–H and O–H groups in total. The molecule has 8 heteroatoms. The lowest BCUT2D eigenvalue weighted by Crippen LogP contribution is -2.41. The van der Waals surface area contributed by atoms with Gasteiger partial charge in [-0.1, -0.05) is 12.1 Å². The predicted molar refractivity (Wildman–Crippen MR) is 98.8 cm³/mol. The second kappa shape index (κ2) is 8.58. The largest absolute Gasteiger partial charge is 0.356 e. The van der Waals surface area contributed by atoms with Crippen molar-refractivity contribution in [1.29, 1.82) is 0 Å². The third-order valence-electron chi connectivity index (χ3n) is 4.71. The molecule has 27 heavy (non-hydrogen) atoms. The molecule has 0 spiro atoms. The van der Waals surface area contributed by atoms with Gasteiger partial charge in [-0.05, 0) is 48.6 Å². The standard InChI is InChI=1S/C19H22FN3O3S/c20-17-5-3-15(4-6-17)12-19(24)22-13-16-7-10-23(11-8-16)27(25,26)18-2-1-9-21-14-18/h1-6,9,14,16H,7-8,10-13H2,(H,22,24). The van der Waals surface area contributed by atoms with Gasteiger partial charge in [-0.25, -0.2) is 12.8 Å². The molecular formula is C19H22FN3O3S. The van der Waals surface area contributed by atoms with Crippen molar-refractivity contribution in [3.05, 3.63) is 60.2 Å². The minimum atomic E-state index is -3.51. The number of amides is 1. The summed E-state index contributed by atoms with van der Waals surface area (Å²) in [6.07, 6.45) is 4.48. The van der Waals surface area contributed by atoms with Crippen LogP contribution in [0.1, 0.15) is 18.4 Å². The van der Waals surface area contributed by atoms with Gasteiger partial charge in [-0.2, -0.15) is 4.31 Å². The Morgan fingerprint density at radius 3 is 2.52 bits per heavy atom. The lowest BCUT2D eigenvalue weighted by atomic mass is 9.98. The number of carbonyl (C=O) groups excluding carboxylic acids is 1. The Hall–Kier alpha value is -2.32. The summed E-state index contributed by atoms with van der Waals surface area (Å²) in [5.41, 5.74) is 0.756. The third-order valence-corrected chi connectivity index (χ3v) is 6.59. The SMILES string of the molecule is O=C(Cc1ccc(F)cc1)NCC1CCN(S(=O)(=O)c2cccnc2)CC1. The molecule has 6 nitrogen and oxygen atoms in total. The Bertz CT molecular complexity index is 865. The fourth-order valence-electron chi connectivity index (χ4n) is 3.11. The maximum absolute atomic E-state index is 12.9. The van der Waals surface area contributed by atoms with Crippen molar-refractivity contribution < 1.29 is 17.6 Å². The van der Waals surface area contributed by atoms with E-state index in [1.807, 2.05) is 0 Å². The van der Waals surface area contributed by atoms with Crippen molar-refractivity contribution in [1.82, 2.24) is 14.6 Å². The highest BCUT2D eigenvalue weighted by atomic mass is 32.2. The normalized spacial score (nSPS) is 16.2. The van der Waals surface area contributed by atoms with Gasteiger partial charge in [0, 0.05) is 32.0 Å². The molecule has 1 amide bonds. The van der Waals surface area contributed by atoms with Crippen molar-refractivity contribution in [3.8, 4) is 0 Å². The van der Waals surface area contributed by atoms with E-state index in [0.29, 0.717) is 32.5 Å². The summed E-state index contributed by atoms with van der Waals surface area (Å²) in [6.45, 7) is 1.37. The Balaban J connectivity index is 1.45. The van der Waals surface area contributed by atoms with E-state index in [0.717, 1.165) is 5.56 Å². The summed E-state index contributed by atoms with van der Waals surface area (Å²) < 4.78 is 39.5. The van der Waals surface area contributed by atoms with Crippen LogP contribution in [0.5, 0.6) is 0 Å². The number of hydrogen-bond acceptors (Lipinski definition) is 4. The summed E-state index contributed by atoms with van der Waals surface area (Å²) in [5.74, 6) is -0.207. The highest BCUT2D eigenvalue weighted by molar-refractivity contribution is 7.89. The van der Waals surface area contributed by atoms with E-state index in [2.05, 4.69) is 10.3 Å². The number of nitrogens with zero attached hydrogens (tertiary/aromatic N) is 2. The lowest BCUT2D eigenvalue weighted by Gasteiger charge is -2.31. The number of benzene rings is 1. The van der Waals surface area contributed by atoms with Crippen LogP contribution in [0.2, 0.25) is 0 Å². The van der Waals surface area contributed by atoms with Crippen molar-refractivity contribution in [2.24, 2.45) is 5.92 Å². The average molecular weight is 391 g/mol. The first-order chi connectivity index (χ1) is 12.9. The monoisotopic (exact) mass is 391 g/mol. The fourth-order valence-corrected chi connectivity index (χ4v) is 4.55. The quantitative estimate of drug-likeness (QED) is 0.817. The summed E-state index contributed by atoms with van der Waals surface area (Å²) in [6, 6.07) is 9.01. The first-order valence-corrected chi connectivity index (χ1v) is 10.3. The van der Waals surface area contributed by atoms with E-state index < -0.39 is 10.0 Å². The molecule has 144 valence electrons. The number of sulfonamides is 1. The number of nitrogens with one attached hydrogen (secondary N) is 1. The van der Waals surface area contributed by atoms with E-state index in [1.54, 1.807) is 30.5 Å². The molecule has 1 aromatic heterocycles. The number of rotatable bonds is 6. The van der Waals surface area contributed by atoms with Gasteiger partial charge in [0.2, 0.25) is 15.9 Å². The van der Waals surface area contributed by atoms with Gasteiger partial charge in [-0.3, -0.25) is 9.78 Å². The molecule has 0 aliphatic carbocycles. The van der Waals surface area contributed by atoms with Crippen LogP contribution in [-0.2, 0) is 21.2 Å². The number of pyridine rings is 1. The number of carbonyl (C=O) groups is 1. The molecule has 1 fully saturated rings. The second-order valence-electron chi connectivity index (χ2n) is 6.64. The van der Waals surface area contributed by atoms with Gasteiger partial charge in [0.05, 0.1) is 6.42 Å². The fraction of sp³-hybridized carbons (Fsp3) is 0.368. The maximum Gasteiger partial charge on any atom is 0.244 e. The molecule has 1 saturated heterocycles. The molecule has 3 rings (SSSR count). The molecule has 1 aliphatic rings. The highest BCUT2D eigenvalue weighted by Gasteiger charge is 2.29. The van der Waals surface area contributed by atoms with Crippen LogP contribution >= 0.6 is 0 Å². The van der Waals surface area contributed by atoms with Gasteiger partial charge in [0.25, 0.3) is 0 Å². The van der Waals surface area contributed by atoms with Crippen LogP contribution in [0.15, 0.2) is 53.7 Å². The molecule has 0 radical (unpaired) electrons. The number of aromatic nitrogens is 1. The molecule has 0 saturated carbocycles. The zero-order valence-corrected chi connectivity index (χ0v) is 15.7. The Morgan fingerprint density at radius 2 is 1.89 bits per heavy atom. The topological polar surface area (TPSA) is 79.4 Å². The first kappa shape index (κ1) is 19.4. The zero-order valence-electron chi connectivity index (χ0n) is 14.8. The van der Waals surface area contributed by atoms with Gasteiger partial charge in [0.1, 0.15) is 10.7 Å². The predicted octanol–water partition coefficient (Wildman–Crippen LogP) is 1.98. The molecule has 0 unspecified atom stereocenters. The minimum Gasteiger partial charge on any atom is -0.356 e. The Kier molecular flexibility index (Phi) is 6.18. The Morgan fingerprint density at radius 1 is 1.19 bits per heavy atom. The van der Waals surface area contributed by atoms with Crippen molar-refractivity contribution in [3.63, 3.8) is 0 Å². The molecule has 2 heterocycles. The van der Waals surface area contributed by atoms with Crippen LogP contribution in [0.4, 0.5) is 4.39 Å². The molecule has 1 aromatic carbocycles. The van der Waals surface area contributed by atoms with Crippen LogP contribution in [-0.4, -0.2) is 43.2 Å². The van der Waals surface area contributed by atoms with Crippen molar-refractivity contribution >= 4 is 15.9 Å². The van der Waals surface area contributed by atoms with Gasteiger partial charge in [-0.15, -0.1) is 0 Å². The lowest BCUT2D eigenvalue weighted by molar-refractivity contribution is -0.120. The highest BCUT2D eigenvalue weighted by Crippen LogP contribution is 2.23. The maximum atomic E-state index is 12.9. The van der Waals surface area contributed by atoms with Crippen LogP contribution in [0.3, 0.4) is 0 Å². The van der Waals surface area contributed by atoms with Crippen LogP contribution in [0, 0.1) is 11.7 Å². The summed E-state index contributed by atoms with van der Waals surface area (Å²) in [7, 11) is -3.51. The third kappa shape index (κ3) is 5.11. The van der Waals surface area contributed by atoms with Gasteiger partial charge < -0.3 is 5.32 Å². The van der Waals surface area contributed by atoms with Crippen LogP contribution < -0.4 is 5.32 Å². The van der Waals surface area contributed by atoms with E-state index in [-0.39, 0.29) is 29.0 Å². The van der Waals surface area contributed by atoms with Gasteiger partial charge >= 0.3 is 0 Å². The first-order valence-electron chi connectivity index (χ1n) is 8.86. The average Bonchev–Trinajstić information content (AvgIpc) is 2.69. The smallest absolute Gasteiger partial charge is 0.244 e. The molecular weight excluding hydrogens is 369 g/mol. The number of piperidine rings is 1. The van der Waals surface area contributed by atoms with E-state index in [1.165, 1.54) is 22.6 Å². The number of hydrogen-bond donors (Lipinski definition) is 1.